The van der Waals surface area contributed by atoms with E-state index in [0.717, 1.165) is 18.6 Å². The fraction of sp³-hybridized carbons (Fsp3) is 0.167. The summed E-state index contributed by atoms with van der Waals surface area (Å²) < 4.78 is 63.0. The van der Waals surface area contributed by atoms with E-state index in [9.17, 15) is 14.3 Å². The lowest BCUT2D eigenvalue weighted by molar-refractivity contribution is -0.0593. The highest BCUT2D eigenvalue weighted by molar-refractivity contribution is 6.30. The van der Waals surface area contributed by atoms with Crippen molar-refractivity contribution in [3.05, 3.63) is 100 Å². The summed E-state index contributed by atoms with van der Waals surface area (Å²) in [5.41, 5.74) is 1.44. The van der Waals surface area contributed by atoms with Crippen LogP contribution >= 0.6 is 11.6 Å². The summed E-state index contributed by atoms with van der Waals surface area (Å²) in [5, 5.41) is 9.67. The zero-order valence-corrected chi connectivity index (χ0v) is 22.4. The fourth-order valence-corrected chi connectivity index (χ4v) is 4.62. The van der Waals surface area contributed by atoms with Crippen molar-refractivity contribution in [2.24, 2.45) is 0 Å². The van der Waals surface area contributed by atoms with Crippen molar-refractivity contribution in [3.8, 4) is 28.9 Å². The summed E-state index contributed by atoms with van der Waals surface area (Å²) >= 11 is 5.78. The molecule has 2 aromatic heterocycles. The summed E-state index contributed by atoms with van der Waals surface area (Å²) in [6, 6.07) is 15.2. The smallest absolute Gasteiger partial charge is 0.335 e. The van der Waals surface area contributed by atoms with Crippen molar-refractivity contribution in [2.75, 3.05) is 6.61 Å². The molecule has 1 aliphatic heterocycles. The third-order valence-electron chi connectivity index (χ3n) is 6.74. The molecule has 0 aliphatic carbocycles. The van der Waals surface area contributed by atoms with Crippen LogP contribution in [0, 0.1) is 17.5 Å². The number of halogens is 4. The standard InChI is InChI=1S/C30H21ClF3N3O5/c31-19-6-4-17(21(32)13-19)15-41-27-3-1-2-24(35-27)18-10-22(33)28(23(34)11-18)42-30-36-25-7-5-16(29(38)39)12-26(25)37(30)14-20-8-9-40-20/h1-7,10-13,20H,8-9,14-15H2,(H,38,39). The van der Waals surface area contributed by atoms with Crippen LogP contribution < -0.4 is 9.47 Å². The van der Waals surface area contributed by atoms with E-state index in [1.807, 2.05) is 0 Å². The average molecular weight is 596 g/mol. The van der Waals surface area contributed by atoms with Crippen LogP contribution in [0.2, 0.25) is 5.02 Å². The number of aromatic nitrogens is 3. The van der Waals surface area contributed by atoms with Crippen molar-refractivity contribution in [2.45, 2.75) is 25.7 Å². The number of fused-ring (bicyclic) bond motifs is 1. The van der Waals surface area contributed by atoms with Crippen molar-refractivity contribution < 1.29 is 37.3 Å². The van der Waals surface area contributed by atoms with E-state index in [1.54, 1.807) is 16.7 Å². The Kier molecular flexibility index (Phi) is 7.44. The fourth-order valence-electron chi connectivity index (χ4n) is 4.46. The van der Waals surface area contributed by atoms with Gasteiger partial charge in [0.05, 0.1) is 34.9 Å². The number of imidazole rings is 1. The number of carboxylic acid groups (broad SMARTS) is 1. The summed E-state index contributed by atoms with van der Waals surface area (Å²) in [5.74, 6) is -4.24. The molecule has 0 spiro atoms. The first-order valence-corrected chi connectivity index (χ1v) is 13.2. The molecule has 1 fully saturated rings. The van der Waals surface area contributed by atoms with E-state index < -0.39 is 29.2 Å². The van der Waals surface area contributed by atoms with Gasteiger partial charge in [-0.2, -0.15) is 4.98 Å². The normalized spacial score (nSPS) is 14.5. The Morgan fingerprint density at radius 2 is 1.81 bits per heavy atom. The molecule has 0 radical (unpaired) electrons. The van der Waals surface area contributed by atoms with E-state index in [4.69, 9.17) is 25.8 Å². The third kappa shape index (κ3) is 5.61. The molecule has 0 amide bonds. The van der Waals surface area contributed by atoms with Gasteiger partial charge in [0.15, 0.2) is 11.6 Å². The first-order chi connectivity index (χ1) is 20.2. The maximum absolute atomic E-state index is 15.3. The molecule has 1 unspecified atom stereocenters. The summed E-state index contributed by atoms with van der Waals surface area (Å²) in [6.07, 6.45) is 0.589. The van der Waals surface area contributed by atoms with Gasteiger partial charge in [0.2, 0.25) is 11.6 Å². The summed E-state index contributed by atoms with van der Waals surface area (Å²) in [7, 11) is 0. The van der Waals surface area contributed by atoms with Crippen LogP contribution in [0.15, 0.2) is 66.7 Å². The Labute approximate surface area is 241 Å². The summed E-state index contributed by atoms with van der Waals surface area (Å²) in [4.78, 5) is 20.1. The molecule has 3 heterocycles. The molecule has 6 rings (SSSR count). The molecule has 0 saturated carbocycles. The molecular formula is C30H21ClF3N3O5. The Bertz CT molecular complexity index is 1800. The highest BCUT2D eigenvalue weighted by Gasteiger charge is 2.25. The molecule has 3 aromatic carbocycles. The predicted molar refractivity (Wildman–Crippen MR) is 146 cm³/mol. The maximum atomic E-state index is 15.3. The van der Waals surface area contributed by atoms with Crippen LogP contribution in [-0.4, -0.2) is 38.3 Å². The Hall–Kier alpha value is -4.61. The lowest BCUT2D eigenvalue weighted by atomic mass is 10.1. The molecule has 12 heteroatoms. The van der Waals surface area contributed by atoms with Crippen molar-refractivity contribution >= 4 is 28.6 Å². The number of carboxylic acids is 1. The number of hydrogen-bond donors (Lipinski definition) is 1. The van der Waals surface area contributed by atoms with Crippen LogP contribution in [0.5, 0.6) is 17.6 Å². The summed E-state index contributed by atoms with van der Waals surface area (Å²) in [6.45, 7) is 0.708. The Morgan fingerprint density at radius 1 is 1.02 bits per heavy atom. The van der Waals surface area contributed by atoms with Gasteiger partial charge in [-0.05, 0) is 55.0 Å². The Balaban J connectivity index is 1.27. The van der Waals surface area contributed by atoms with Crippen molar-refractivity contribution in [3.63, 3.8) is 0 Å². The van der Waals surface area contributed by atoms with Gasteiger partial charge in [0, 0.05) is 28.8 Å². The van der Waals surface area contributed by atoms with E-state index in [2.05, 4.69) is 9.97 Å². The first-order valence-electron chi connectivity index (χ1n) is 12.8. The zero-order valence-electron chi connectivity index (χ0n) is 21.7. The van der Waals surface area contributed by atoms with E-state index in [1.165, 1.54) is 42.5 Å². The maximum Gasteiger partial charge on any atom is 0.335 e. The van der Waals surface area contributed by atoms with Crippen LogP contribution in [0.25, 0.3) is 22.3 Å². The lowest BCUT2D eigenvalue weighted by Gasteiger charge is -2.27. The molecule has 42 heavy (non-hydrogen) atoms. The quantitative estimate of drug-likeness (QED) is 0.195. The van der Waals surface area contributed by atoms with Crippen LogP contribution in [0.4, 0.5) is 13.2 Å². The third-order valence-corrected chi connectivity index (χ3v) is 6.98. The number of aromatic carboxylic acids is 1. The van der Waals surface area contributed by atoms with Crippen molar-refractivity contribution in [1.82, 2.24) is 14.5 Å². The molecule has 0 bridgehead atoms. The van der Waals surface area contributed by atoms with Crippen LogP contribution in [0.3, 0.4) is 0 Å². The van der Waals surface area contributed by atoms with E-state index in [0.29, 0.717) is 17.6 Å². The van der Waals surface area contributed by atoms with Gasteiger partial charge in [-0.1, -0.05) is 23.7 Å². The second-order valence-corrected chi connectivity index (χ2v) is 9.99. The van der Waals surface area contributed by atoms with Gasteiger partial charge in [-0.3, -0.25) is 4.57 Å². The minimum absolute atomic E-state index is 0.0310. The second-order valence-electron chi connectivity index (χ2n) is 9.55. The molecule has 5 aromatic rings. The molecular weight excluding hydrogens is 575 g/mol. The van der Waals surface area contributed by atoms with Gasteiger partial charge < -0.3 is 19.3 Å². The average Bonchev–Trinajstić information content (AvgIpc) is 3.28. The Morgan fingerprint density at radius 3 is 2.50 bits per heavy atom. The predicted octanol–water partition coefficient (Wildman–Crippen LogP) is 7.03. The molecule has 214 valence electrons. The first kappa shape index (κ1) is 27.6. The van der Waals surface area contributed by atoms with Gasteiger partial charge in [0.25, 0.3) is 0 Å². The van der Waals surface area contributed by atoms with E-state index >= 15 is 8.78 Å². The van der Waals surface area contributed by atoms with Gasteiger partial charge >= 0.3 is 12.0 Å². The lowest BCUT2D eigenvalue weighted by Crippen LogP contribution is -2.31. The van der Waals surface area contributed by atoms with Gasteiger partial charge in [-0.25, -0.2) is 22.9 Å². The number of benzene rings is 3. The van der Waals surface area contributed by atoms with Crippen LogP contribution in [0.1, 0.15) is 22.3 Å². The molecule has 1 saturated heterocycles. The van der Waals surface area contributed by atoms with Crippen LogP contribution in [-0.2, 0) is 17.9 Å². The number of hydrogen-bond acceptors (Lipinski definition) is 6. The van der Waals surface area contributed by atoms with Gasteiger partial charge in [-0.15, -0.1) is 0 Å². The second kappa shape index (κ2) is 11.3. The minimum Gasteiger partial charge on any atom is -0.478 e. The highest BCUT2D eigenvalue weighted by Crippen LogP contribution is 2.34. The number of carbonyl (C=O) groups is 1. The minimum atomic E-state index is -1.13. The molecule has 1 aliphatic rings. The monoisotopic (exact) mass is 595 g/mol. The number of nitrogens with zero attached hydrogens (tertiary/aromatic N) is 3. The zero-order chi connectivity index (χ0) is 29.4. The van der Waals surface area contributed by atoms with E-state index in [-0.39, 0.29) is 58.6 Å². The molecule has 1 N–H and O–H groups in total. The highest BCUT2D eigenvalue weighted by atomic mass is 35.5. The largest absolute Gasteiger partial charge is 0.478 e. The number of rotatable bonds is 9. The SMILES string of the molecule is O=C(O)c1ccc2nc(Oc3c(F)cc(-c4cccc(OCc5ccc(Cl)cc5F)n4)cc3F)n(CC3CCO3)c2c1. The molecule has 8 nitrogen and oxygen atoms in total. The molecule has 1 atom stereocenters. The number of ether oxygens (including phenoxy) is 3. The van der Waals surface area contributed by atoms with Crippen molar-refractivity contribution in [1.29, 1.82) is 0 Å². The number of pyridine rings is 1. The topological polar surface area (TPSA) is 95.7 Å². The van der Waals surface area contributed by atoms with Gasteiger partial charge in [0.1, 0.15) is 12.4 Å².